The maximum atomic E-state index is 10.8. The topological polar surface area (TPSA) is 61.7 Å². The van der Waals surface area contributed by atoms with Crippen molar-refractivity contribution in [1.29, 1.82) is 0 Å². The minimum absolute atomic E-state index is 0.219. The van der Waals surface area contributed by atoms with E-state index in [2.05, 4.69) is 10.5 Å². The molecule has 0 bridgehead atoms. The van der Waals surface area contributed by atoms with Gasteiger partial charge in [-0.05, 0) is 37.3 Å². The summed E-state index contributed by atoms with van der Waals surface area (Å²) in [5.41, 5.74) is 4.47. The summed E-state index contributed by atoms with van der Waals surface area (Å²) >= 11 is 7.29. The van der Waals surface area contributed by atoms with E-state index in [1.165, 1.54) is 23.5 Å². The third-order valence-electron chi connectivity index (χ3n) is 2.39. The fourth-order valence-corrected chi connectivity index (χ4v) is 2.42. The molecule has 0 aliphatic heterocycles. The number of aromatic carboxylic acids is 1. The second kappa shape index (κ2) is 5.86. The van der Waals surface area contributed by atoms with Gasteiger partial charge in [0, 0.05) is 0 Å². The Morgan fingerprint density at radius 2 is 2.16 bits per heavy atom. The molecule has 4 nitrogen and oxygen atoms in total. The number of thiophene rings is 1. The zero-order valence-electron chi connectivity index (χ0n) is 10.1. The van der Waals surface area contributed by atoms with Crippen LogP contribution in [0, 0.1) is 0 Å². The van der Waals surface area contributed by atoms with Gasteiger partial charge in [0.15, 0.2) is 0 Å². The van der Waals surface area contributed by atoms with Crippen molar-refractivity contribution in [2.75, 3.05) is 5.43 Å². The molecule has 2 rings (SSSR count). The molecule has 0 aliphatic carbocycles. The van der Waals surface area contributed by atoms with E-state index in [1.807, 2.05) is 19.1 Å². The van der Waals surface area contributed by atoms with Crippen LogP contribution in [0.2, 0.25) is 4.34 Å². The molecule has 0 saturated carbocycles. The van der Waals surface area contributed by atoms with Crippen LogP contribution in [0.5, 0.6) is 0 Å². The Morgan fingerprint density at radius 3 is 2.79 bits per heavy atom. The summed E-state index contributed by atoms with van der Waals surface area (Å²) in [5.74, 6) is -0.964. The van der Waals surface area contributed by atoms with Crippen LogP contribution in [0.1, 0.15) is 22.2 Å². The third-order valence-corrected chi connectivity index (χ3v) is 3.73. The second-order valence-electron chi connectivity index (χ2n) is 3.80. The predicted molar refractivity (Wildman–Crippen MR) is 78.6 cm³/mol. The van der Waals surface area contributed by atoms with Crippen LogP contribution in [0.4, 0.5) is 5.69 Å². The molecular formula is C13H11ClN2O2S. The van der Waals surface area contributed by atoms with Crippen LogP contribution in [-0.4, -0.2) is 16.8 Å². The number of carbonyl (C=O) groups is 1. The van der Waals surface area contributed by atoms with Gasteiger partial charge in [-0.15, -0.1) is 11.3 Å². The number of anilines is 1. The number of rotatable bonds is 4. The van der Waals surface area contributed by atoms with Crippen molar-refractivity contribution in [3.05, 3.63) is 51.2 Å². The van der Waals surface area contributed by atoms with E-state index in [0.717, 1.165) is 10.6 Å². The summed E-state index contributed by atoms with van der Waals surface area (Å²) in [7, 11) is 0. The van der Waals surface area contributed by atoms with Crippen molar-refractivity contribution in [3.63, 3.8) is 0 Å². The molecule has 2 aromatic rings. The Morgan fingerprint density at radius 1 is 1.37 bits per heavy atom. The molecule has 98 valence electrons. The fourth-order valence-electron chi connectivity index (χ4n) is 1.43. The second-order valence-corrected chi connectivity index (χ2v) is 5.51. The summed E-state index contributed by atoms with van der Waals surface area (Å²) in [6.45, 7) is 1.86. The van der Waals surface area contributed by atoms with Crippen LogP contribution < -0.4 is 5.43 Å². The van der Waals surface area contributed by atoms with Crippen LogP contribution >= 0.6 is 22.9 Å². The van der Waals surface area contributed by atoms with Gasteiger partial charge in [-0.1, -0.05) is 17.7 Å². The van der Waals surface area contributed by atoms with Gasteiger partial charge in [0.25, 0.3) is 0 Å². The first-order chi connectivity index (χ1) is 9.06. The number of nitrogens with zero attached hydrogens (tertiary/aromatic N) is 1. The molecule has 1 aromatic heterocycles. The van der Waals surface area contributed by atoms with Gasteiger partial charge in [-0.2, -0.15) is 5.10 Å². The number of carboxylic acids is 1. The lowest BCUT2D eigenvalue weighted by Gasteiger charge is -2.03. The monoisotopic (exact) mass is 294 g/mol. The van der Waals surface area contributed by atoms with E-state index in [-0.39, 0.29) is 5.56 Å². The van der Waals surface area contributed by atoms with E-state index in [9.17, 15) is 4.79 Å². The zero-order chi connectivity index (χ0) is 13.8. The summed E-state index contributed by atoms with van der Waals surface area (Å²) in [6.07, 6.45) is 0. The molecule has 0 aliphatic rings. The molecule has 0 spiro atoms. The molecule has 1 heterocycles. The standard InChI is InChI=1S/C13H11ClN2O2S/c1-8(11-5-6-12(14)19-11)15-16-10-4-2-3-9(7-10)13(17)18/h2-7,16H,1H3,(H,17,18). The minimum atomic E-state index is -0.964. The molecule has 0 fully saturated rings. The first-order valence-corrected chi connectivity index (χ1v) is 6.65. The lowest BCUT2D eigenvalue weighted by atomic mass is 10.2. The Bertz CT molecular complexity index is 637. The van der Waals surface area contributed by atoms with Crippen LogP contribution in [0.3, 0.4) is 0 Å². The maximum Gasteiger partial charge on any atom is 0.335 e. The van der Waals surface area contributed by atoms with E-state index in [4.69, 9.17) is 16.7 Å². The molecule has 0 saturated heterocycles. The van der Waals surface area contributed by atoms with Crippen molar-refractivity contribution in [3.8, 4) is 0 Å². The number of halogens is 1. The van der Waals surface area contributed by atoms with E-state index in [1.54, 1.807) is 12.1 Å². The summed E-state index contributed by atoms with van der Waals surface area (Å²) in [5, 5.41) is 13.1. The average Bonchev–Trinajstić information content (AvgIpc) is 2.83. The van der Waals surface area contributed by atoms with E-state index in [0.29, 0.717) is 10.0 Å². The number of hydrazone groups is 1. The van der Waals surface area contributed by atoms with Crippen LogP contribution in [0.25, 0.3) is 0 Å². The highest BCUT2D eigenvalue weighted by Gasteiger charge is 2.04. The van der Waals surface area contributed by atoms with Crippen molar-refractivity contribution in [2.24, 2.45) is 5.10 Å². The van der Waals surface area contributed by atoms with Gasteiger partial charge in [0.2, 0.25) is 0 Å². The SMILES string of the molecule is CC(=NNc1cccc(C(=O)O)c1)c1ccc(Cl)s1. The van der Waals surface area contributed by atoms with Gasteiger partial charge < -0.3 is 5.11 Å². The van der Waals surface area contributed by atoms with Gasteiger partial charge in [-0.3, -0.25) is 5.43 Å². The van der Waals surface area contributed by atoms with Gasteiger partial charge in [-0.25, -0.2) is 4.79 Å². The Hall–Kier alpha value is -1.85. The number of carboxylic acid groups (broad SMARTS) is 1. The molecule has 19 heavy (non-hydrogen) atoms. The number of nitrogens with one attached hydrogen (secondary N) is 1. The molecule has 2 N–H and O–H groups in total. The van der Waals surface area contributed by atoms with Crippen LogP contribution in [0.15, 0.2) is 41.5 Å². The fraction of sp³-hybridized carbons (Fsp3) is 0.0769. The first-order valence-electron chi connectivity index (χ1n) is 5.45. The highest BCUT2D eigenvalue weighted by atomic mass is 35.5. The predicted octanol–water partition coefficient (Wildman–Crippen LogP) is 3.94. The molecule has 1 aromatic carbocycles. The van der Waals surface area contributed by atoms with Gasteiger partial charge >= 0.3 is 5.97 Å². The molecule has 6 heteroatoms. The van der Waals surface area contributed by atoms with Crippen molar-refractivity contribution in [2.45, 2.75) is 6.92 Å². The van der Waals surface area contributed by atoms with Gasteiger partial charge in [0.1, 0.15) is 0 Å². The molecule has 0 unspecified atom stereocenters. The largest absolute Gasteiger partial charge is 0.478 e. The molecule has 0 radical (unpaired) electrons. The smallest absolute Gasteiger partial charge is 0.335 e. The van der Waals surface area contributed by atoms with Gasteiger partial charge in [0.05, 0.1) is 26.2 Å². The Labute approximate surface area is 119 Å². The maximum absolute atomic E-state index is 10.8. The number of hydrogen-bond donors (Lipinski definition) is 2. The highest BCUT2D eigenvalue weighted by molar-refractivity contribution is 7.18. The highest BCUT2D eigenvalue weighted by Crippen LogP contribution is 2.22. The van der Waals surface area contributed by atoms with E-state index >= 15 is 0 Å². The quantitative estimate of drug-likeness (QED) is 0.663. The third kappa shape index (κ3) is 3.56. The summed E-state index contributed by atoms with van der Waals surface area (Å²) in [4.78, 5) is 11.8. The Kier molecular flexibility index (Phi) is 4.19. The minimum Gasteiger partial charge on any atom is -0.478 e. The average molecular weight is 295 g/mol. The number of hydrogen-bond acceptors (Lipinski definition) is 4. The number of benzene rings is 1. The van der Waals surface area contributed by atoms with Crippen LogP contribution in [-0.2, 0) is 0 Å². The summed E-state index contributed by atoms with van der Waals surface area (Å²) < 4.78 is 0.706. The van der Waals surface area contributed by atoms with Crippen molar-refractivity contribution < 1.29 is 9.90 Å². The molecule has 0 atom stereocenters. The first kappa shape index (κ1) is 13.6. The van der Waals surface area contributed by atoms with Crippen molar-refractivity contribution in [1.82, 2.24) is 0 Å². The lowest BCUT2D eigenvalue weighted by molar-refractivity contribution is 0.0697. The zero-order valence-corrected chi connectivity index (χ0v) is 11.6. The Balaban J connectivity index is 2.13. The molecule has 0 amide bonds. The van der Waals surface area contributed by atoms with Crippen molar-refractivity contribution >= 4 is 40.3 Å². The van der Waals surface area contributed by atoms with E-state index < -0.39 is 5.97 Å². The molecular weight excluding hydrogens is 284 g/mol. The summed E-state index contributed by atoms with van der Waals surface area (Å²) in [6, 6.07) is 10.2. The lowest BCUT2D eigenvalue weighted by Crippen LogP contribution is -2.00. The normalized spacial score (nSPS) is 11.4.